The van der Waals surface area contributed by atoms with E-state index in [-0.39, 0.29) is 17.8 Å². The van der Waals surface area contributed by atoms with Crippen LogP contribution in [0.4, 0.5) is 4.39 Å². The first-order valence-electron chi connectivity index (χ1n) is 9.09. The van der Waals surface area contributed by atoms with Crippen molar-refractivity contribution in [1.29, 1.82) is 0 Å². The molecule has 0 saturated heterocycles. The van der Waals surface area contributed by atoms with Gasteiger partial charge in [0.25, 0.3) is 5.56 Å². The van der Waals surface area contributed by atoms with Gasteiger partial charge in [0.2, 0.25) is 0 Å². The Morgan fingerprint density at radius 2 is 1.79 bits per heavy atom. The molecule has 3 aromatic rings. The average Bonchev–Trinajstić information content (AvgIpc) is 2.67. The van der Waals surface area contributed by atoms with Gasteiger partial charge in [-0.05, 0) is 12.1 Å². The molecule has 0 saturated carbocycles. The molecular formula is C20H23FN4O3S. The van der Waals surface area contributed by atoms with E-state index in [0.717, 1.165) is 4.57 Å². The van der Waals surface area contributed by atoms with Gasteiger partial charge in [0, 0.05) is 25.3 Å². The zero-order chi connectivity index (χ0) is 21.3. The van der Waals surface area contributed by atoms with Crippen molar-refractivity contribution in [2.24, 2.45) is 14.1 Å². The van der Waals surface area contributed by atoms with Crippen molar-refractivity contribution < 1.29 is 9.13 Å². The summed E-state index contributed by atoms with van der Waals surface area (Å²) in [7, 11) is 3.01. The quantitative estimate of drug-likeness (QED) is 0.360. The van der Waals surface area contributed by atoms with E-state index >= 15 is 0 Å². The third kappa shape index (κ3) is 4.19. The van der Waals surface area contributed by atoms with Crippen molar-refractivity contribution >= 4 is 22.8 Å². The highest BCUT2D eigenvalue weighted by molar-refractivity contribution is 7.99. The highest BCUT2D eigenvalue weighted by Crippen LogP contribution is 2.27. The van der Waals surface area contributed by atoms with Crippen LogP contribution >= 0.6 is 11.8 Å². The summed E-state index contributed by atoms with van der Waals surface area (Å²) in [5.74, 6) is 0.722. The molecule has 0 unspecified atom stereocenters. The standard InChI is InChI=1S/C20H23FN4O3S/c1-20(2,3)18-22-15-14(17(26)25(5)19(27)24(15)4)16(23-18)29-11-10-28-13-9-7-6-8-12(13)21/h6-9H,10-11H2,1-5H3. The maximum atomic E-state index is 13.7. The van der Waals surface area contributed by atoms with Gasteiger partial charge in [-0.1, -0.05) is 32.9 Å². The lowest BCUT2D eigenvalue weighted by atomic mass is 9.96. The molecule has 1 aromatic carbocycles. The second-order valence-electron chi connectivity index (χ2n) is 7.63. The zero-order valence-electron chi connectivity index (χ0n) is 17.0. The maximum Gasteiger partial charge on any atom is 0.332 e. The summed E-state index contributed by atoms with van der Waals surface area (Å²) in [4.78, 5) is 34.2. The molecular weight excluding hydrogens is 395 g/mol. The van der Waals surface area contributed by atoms with Gasteiger partial charge in [0.1, 0.15) is 16.2 Å². The van der Waals surface area contributed by atoms with E-state index < -0.39 is 17.1 Å². The molecule has 154 valence electrons. The monoisotopic (exact) mass is 418 g/mol. The first-order chi connectivity index (χ1) is 13.6. The first-order valence-corrected chi connectivity index (χ1v) is 10.1. The molecule has 7 nitrogen and oxygen atoms in total. The largest absolute Gasteiger partial charge is 0.490 e. The summed E-state index contributed by atoms with van der Waals surface area (Å²) in [5, 5.41) is 0.770. The molecule has 0 aliphatic carbocycles. The number of hydrogen-bond acceptors (Lipinski definition) is 6. The van der Waals surface area contributed by atoms with Gasteiger partial charge in [-0.15, -0.1) is 11.8 Å². The fourth-order valence-electron chi connectivity index (χ4n) is 2.72. The third-order valence-electron chi connectivity index (χ3n) is 4.35. The molecule has 0 N–H and O–H groups in total. The summed E-state index contributed by atoms with van der Waals surface area (Å²) in [6.45, 7) is 6.11. The lowest BCUT2D eigenvalue weighted by molar-refractivity contribution is 0.325. The fraction of sp³-hybridized carbons (Fsp3) is 0.400. The van der Waals surface area contributed by atoms with Crippen molar-refractivity contribution in [3.8, 4) is 5.75 Å². The Morgan fingerprint density at radius 3 is 2.45 bits per heavy atom. The van der Waals surface area contributed by atoms with Gasteiger partial charge in [-0.2, -0.15) is 0 Å². The van der Waals surface area contributed by atoms with Crippen LogP contribution in [-0.4, -0.2) is 31.5 Å². The molecule has 0 amide bonds. The number of thioether (sulfide) groups is 1. The summed E-state index contributed by atoms with van der Waals surface area (Å²) < 4.78 is 21.6. The minimum absolute atomic E-state index is 0.175. The lowest BCUT2D eigenvalue weighted by Gasteiger charge is -2.19. The van der Waals surface area contributed by atoms with Gasteiger partial charge in [0.15, 0.2) is 17.2 Å². The Morgan fingerprint density at radius 1 is 1.10 bits per heavy atom. The molecule has 9 heteroatoms. The van der Waals surface area contributed by atoms with Gasteiger partial charge < -0.3 is 4.74 Å². The second kappa shape index (κ2) is 7.98. The Kier molecular flexibility index (Phi) is 5.79. The molecule has 0 atom stereocenters. The minimum Gasteiger partial charge on any atom is -0.490 e. The number of rotatable bonds is 5. The van der Waals surface area contributed by atoms with E-state index in [4.69, 9.17) is 4.74 Å². The molecule has 0 bridgehead atoms. The number of nitrogens with zero attached hydrogens (tertiary/aromatic N) is 4. The predicted octanol–water partition coefficient (Wildman–Crippen LogP) is 2.63. The zero-order valence-corrected chi connectivity index (χ0v) is 17.8. The van der Waals surface area contributed by atoms with Gasteiger partial charge in [-0.25, -0.2) is 19.2 Å². The number of fused-ring (bicyclic) bond motifs is 1. The summed E-state index contributed by atoms with van der Waals surface area (Å²) >= 11 is 1.32. The number of benzene rings is 1. The predicted molar refractivity (Wildman–Crippen MR) is 111 cm³/mol. The number of halogens is 1. The van der Waals surface area contributed by atoms with Crippen LogP contribution in [0.25, 0.3) is 11.0 Å². The van der Waals surface area contributed by atoms with Gasteiger partial charge in [0.05, 0.1) is 6.61 Å². The van der Waals surface area contributed by atoms with Crippen molar-refractivity contribution in [2.75, 3.05) is 12.4 Å². The number of ether oxygens (including phenoxy) is 1. The summed E-state index contributed by atoms with van der Waals surface area (Å²) in [5.41, 5.74) is -0.957. The van der Waals surface area contributed by atoms with E-state index in [9.17, 15) is 14.0 Å². The van der Waals surface area contributed by atoms with Gasteiger partial charge in [-0.3, -0.25) is 13.9 Å². The average molecular weight is 418 g/mol. The van der Waals surface area contributed by atoms with E-state index in [1.807, 2.05) is 20.8 Å². The number of para-hydroxylation sites is 1. The van der Waals surface area contributed by atoms with Crippen LogP contribution in [0.5, 0.6) is 5.75 Å². The first kappa shape index (κ1) is 21.0. The molecule has 0 aliphatic rings. The van der Waals surface area contributed by atoms with Crippen molar-refractivity contribution in [3.05, 3.63) is 56.7 Å². The summed E-state index contributed by atoms with van der Waals surface area (Å²) in [6, 6.07) is 6.19. The Hall–Kier alpha value is -2.68. The maximum absolute atomic E-state index is 13.7. The second-order valence-corrected chi connectivity index (χ2v) is 8.72. The normalized spacial score (nSPS) is 11.8. The number of aryl methyl sites for hydroxylation is 1. The topological polar surface area (TPSA) is 79.0 Å². The molecule has 2 heterocycles. The SMILES string of the molecule is Cn1c(=O)c2c(SCCOc3ccccc3F)nc(C(C)(C)C)nc2n(C)c1=O. The van der Waals surface area contributed by atoms with E-state index in [0.29, 0.717) is 27.6 Å². The molecule has 3 rings (SSSR count). The minimum atomic E-state index is -0.445. The highest BCUT2D eigenvalue weighted by atomic mass is 32.2. The molecule has 29 heavy (non-hydrogen) atoms. The summed E-state index contributed by atoms with van der Waals surface area (Å²) in [6.07, 6.45) is 0. The van der Waals surface area contributed by atoms with Crippen molar-refractivity contribution in [1.82, 2.24) is 19.1 Å². The van der Waals surface area contributed by atoms with Crippen LogP contribution in [-0.2, 0) is 19.5 Å². The highest BCUT2D eigenvalue weighted by Gasteiger charge is 2.23. The fourth-order valence-corrected chi connectivity index (χ4v) is 3.55. The Labute approximate surface area is 171 Å². The van der Waals surface area contributed by atoms with Crippen LogP contribution in [0.1, 0.15) is 26.6 Å². The van der Waals surface area contributed by atoms with Crippen molar-refractivity contribution in [3.63, 3.8) is 0 Å². The molecule has 0 aliphatic heterocycles. The molecule has 2 aromatic heterocycles. The Balaban J connectivity index is 1.98. The van der Waals surface area contributed by atoms with E-state index in [2.05, 4.69) is 9.97 Å². The smallest absolute Gasteiger partial charge is 0.332 e. The van der Waals surface area contributed by atoms with Crippen LogP contribution in [0.2, 0.25) is 0 Å². The lowest BCUT2D eigenvalue weighted by Crippen LogP contribution is -2.38. The molecule has 0 spiro atoms. The third-order valence-corrected chi connectivity index (χ3v) is 5.29. The number of aromatic nitrogens is 4. The van der Waals surface area contributed by atoms with Crippen LogP contribution in [0.15, 0.2) is 38.9 Å². The van der Waals surface area contributed by atoms with E-state index in [1.165, 1.54) is 29.4 Å². The van der Waals surface area contributed by atoms with Crippen LogP contribution < -0.4 is 16.0 Å². The van der Waals surface area contributed by atoms with Gasteiger partial charge >= 0.3 is 5.69 Å². The molecule has 0 fully saturated rings. The van der Waals surface area contributed by atoms with Crippen LogP contribution in [0.3, 0.4) is 0 Å². The molecule has 0 radical (unpaired) electrons. The van der Waals surface area contributed by atoms with Crippen molar-refractivity contribution in [2.45, 2.75) is 31.2 Å². The Bertz CT molecular complexity index is 1180. The van der Waals surface area contributed by atoms with Crippen LogP contribution in [0, 0.1) is 5.82 Å². The number of hydrogen-bond donors (Lipinski definition) is 0. The van der Waals surface area contributed by atoms with E-state index in [1.54, 1.807) is 25.2 Å².